The number of carbonyl (C=O) groups is 2. The van der Waals surface area contributed by atoms with Crippen molar-refractivity contribution in [2.75, 3.05) is 23.7 Å². The van der Waals surface area contributed by atoms with E-state index in [0.29, 0.717) is 29.7 Å². The van der Waals surface area contributed by atoms with Gasteiger partial charge in [0.1, 0.15) is 23.6 Å². The number of Topliss-reactive ketones (excluding diaryl/α,β-unsaturated/α-hetero) is 1. The molecule has 2 aromatic heterocycles. The Kier molecular flexibility index (Phi) is 4.17. The van der Waals surface area contributed by atoms with E-state index in [2.05, 4.69) is 19.4 Å². The van der Waals surface area contributed by atoms with Crippen LogP contribution in [0.3, 0.4) is 0 Å². The Balaban J connectivity index is 1.46. The first-order chi connectivity index (χ1) is 14.4. The first kappa shape index (κ1) is 18.5. The average molecular weight is 426 g/mol. The summed E-state index contributed by atoms with van der Waals surface area (Å²) in [7, 11) is 0. The van der Waals surface area contributed by atoms with E-state index < -0.39 is 17.7 Å². The van der Waals surface area contributed by atoms with Crippen LogP contribution in [0.5, 0.6) is 0 Å². The smallest absolute Gasteiger partial charge is 0.340 e. The molecule has 3 aliphatic rings. The van der Waals surface area contributed by atoms with Gasteiger partial charge in [-0.2, -0.15) is 9.47 Å². The van der Waals surface area contributed by atoms with E-state index in [9.17, 15) is 14.7 Å². The van der Waals surface area contributed by atoms with Crippen LogP contribution in [-0.4, -0.2) is 59.8 Å². The molecule has 0 aliphatic carbocycles. The molecule has 2 aromatic rings. The summed E-state index contributed by atoms with van der Waals surface area (Å²) < 4.78 is 5.84. The van der Waals surface area contributed by atoms with Gasteiger partial charge in [0, 0.05) is 37.0 Å². The minimum Gasteiger partial charge on any atom is -0.478 e. The number of likely N-dealkylation sites (tertiary alicyclic amines) is 1. The van der Waals surface area contributed by atoms with Gasteiger partial charge in [-0.25, -0.2) is 14.8 Å². The number of allylic oxidation sites excluding steroid dienone is 1. The summed E-state index contributed by atoms with van der Waals surface area (Å²) in [6.07, 6.45) is 8.02. The third-order valence-corrected chi connectivity index (χ3v) is 6.13. The molecule has 3 N–H and O–H groups in total. The molecule has 1 saturated heterocycles. The van der Waals surface area contributed by atoms with Crippen molar-refractivity contribution in [1.29, 1.82) is 0 Å². The van der Waals surface area contributed by atoms with Crippen molar-refractivity contribution in [3.63, 3.8) is 0 Å². The van der Waals surface area contributed by atoms with Crippen LogP contribution in [-0.2, 0) is 9.59 Å². The van der Waals surface area contributed by atoms with Crippen LogP contribution in [0, 0.1) is 11.8 Å². The van der Waals surface area contributed by atoms with Crippen molar-refractivity contribution < 1.29 is 14.7 Å². The molecule has 0 bridgehead atoms. The summed E-state index contributed by atoms with van der Waals surface area (Å²) in [5.41, 5.74) is 6.09. The van der Waals surface area contributed by atoms with Crippen LogP contribution in [0.4, 0.5) is 10.8 Å². The van der Waals surface area contributed by atoms with Crippen molar-refractivity contribution in [3.05, 3.63) is 42.4 Å². The number of ketones is 1. The second kappa shape index (κ2) is 6.76. The first-order valence-electron chi connectivity index (χ1n) is 9.32. The number of carbonyl (C=O) groups excluding carboxylic acids is 1. The molecule has 30 heavy (non-hydrogen) atoms. The van der Waals surface area contributed by atoms with Gasteiger partial charge in [0.15, 0.2) is 5.78 Å². The molecule has 154 valence electrons. The highest BCUT2D eigenvalue weighted by atomic mass is 32.1. The van der Waals surface area contributed by atoms with E-state index in [-0.39, 0.29) is 17.5 Å². The van der Waals surface area contributed by atoms with Crippen molar-refractivity contribution >= 4 is 39.9 Å². The Morgan fingerprint density at radius 3 is 2.80 bits per heavy atom. The molecule has 5 heterocycles. The van der Waals surface area contributed by atoms with Crippen LogP contribution in [0.25, 0.3) is 0 Å². The van der Waals surface area contributed by atoms with E-state index in [1.807, 2.05) is 17.7 Å². The minimum atomic E-state index is -1.26. The molecular formula is C18H18N8O3S. The lowest BCUT2D eigenvalue weighted by Crippen LogP contribution is -2.51. The van der Waals surface area contributed by atoms with Gasteiger partial charge in [-0.05, 0) is 12.0 Å². The molecule has 0 radical (unpaired) electrons. The zero-order valence-corrected chi connectivity index (χ0v) is 16.7. The Morgan fingerprint density at radius 1 is 1.37 bits per heavy atom. The zero-order chi connectivity index (χ0) is 21.0. The number of carboxylic acid groups (broad SMARTS) is 1. The lowest BCUT2D eigenvalue weighted by Gasteiger charge is -2.43. The molecule has 12 heteroatoms. The predicted octanol–water partition coefficient (Wildman–Crippen LogP) is 0.737. The molecule has 3 aliphatic heterocycles. The fourth-order valence-corrected chi connectivity index (χ4v) is 4.42. The van der Waals surface area contributed by atoms with Gasteiger partial charge in [-0.3, -0.25) is 14.4 Å². The van der Waals surface area contributed by atoms with Crippen LogP contribution >= 0.6 is 11.5 Å². The molecular weight excluding hydrogens is 408 g/mol. The van der Waals surface area contributed by atoms with Crippen molar-refractivity contribution in [2.45, 2.75) is 13.0 Å². The van der Waals surface area contributed by atoms with Crippen LogP contribution in [0.2, 0.25) is 0 Å². The third-order valence-electron chi connectivity index (χ3n) is 5.47. The number of fused-ring (bicyclic) bond motifs is 1. The number of nitrogen functional groups attached to an aromatic ring is 1. The number of hydrogen-bond acceptors (Lipinski definition) is 10. The molecule has 0 amide bonds. The highest BCUT2D eigenvalue weighted by molar-refractivity contribution is 7.09. The highest BCUT2D eigenvalue weighted by Crippen LogP contribution is 2.37. The Labute approximate surface area is 175 Å². The normalized spacial score (nSPS) is 24.0. The second-order valence-corrected chi connectivity index (χ2v) is 8.21. The molecule has 0 saturated carbocycles. The minimum absolute atomic E-state index is 0.196. The van der Waals surface area contributed by atoms with Crippen molar-refractivity contribution in [2.24, 2.45) is 16.8 Å². The number of anilines is 2. The summed E-state index contributed by atoms with van der Waals surface area (Å²) in [5, 5.41) is 14.2. The summed E-state index contributed by atoms with van der Waals surface area (Å²) >= 11 is 1.11. The number of aliphatic carboxylic acids is 1. The number of carboxylic acids is 1. The predicted molar refractivity (Wildman–Crippen MR) is 109 cm³/mol. The van der Waals surface area contributed by atoms with Gasteiger partial charge >= 0.3 is 5.97 Å². The maximum atomic E-state index is 12.9. The number of nitrogens with two attached hydrogens (primary N) is 1. The molecule has 5 rings (SSSR count). The fourth-order valence-electron chi connectivity index (χ4n) is 3.90. The van der Waals surface area contributed by atoms with Gasteiger partial charge < -0.3 is 15.7 Å². The molecule has 11 nitrogen and oxygen atoms in total. The van der Waals surface area contributed by atoms with Gasteiger partial charge in [0.25, 0.3) is 0 Å². The van der Waals surface area contributed by atoms with Crippen molar-refractivity contribution in [3.8, 4) is 0 Å². The summed E-state index contributed by atoms with van der Waals surface area (Å²) in [4.78, 5) is 37.1. The topological polar surface area (TPSA) is 143 Å². The summed E-state index contributed by atoms with van der Waals surface area (Å²) in [6.45, 7) is 3.32. The Hall–Kier alpha value is -3.54. The van der Waals surface area contributed by atoms with E-state index in [4.69, 9.17) is 10.7 Å². The van der Waals surface area contributed by atoms with E-state index in [1.54, 1.807) is 17.3 Å². The maximum absolute atomic E-state index is 12.9. The van der Waals surface area contributed by atoms with Crippen LogP contribution < -0.4 is 10.6 Å². The molecule has 0 aromatic carbocycles. The lowest BCUT2D eigenvalue weighted by atomic mass is 9.81. The van der Waals surface area contributed by atoms with Gasteiger partial charge in [0.2, 0.25) is 5.13 Å². The standard InChI is InChI=1S/C18H18N8O3S/c1-9-2-13(24-5-11(6-24)26-4-10(19)3-21-26)23-16-14(9)15(27)12(17(28)29)7-25(16)18-20-8-22-30-18/h2-4,7-9,11,14H,5-6,19H2,1H3,(H,28,29). The first-order valence-corrected chi connectivity index (χ1v) is 10.1. The molecule has 0 spiro atoms. The molecule has 2 unspecified atom stereocenters. The van der Waals surface area contributed by atoms with Gasteiger partial charge in [0.05, 0.1) is 23.8 Å². The number of hydrogen-bond donors (Lipinski definition) is 2. The van der Waals surface area contributed by atoms with Gasteiger partial charge in [-0.1, -0.05) is 6.92 Å². The number of amidine groups is 1. The highest BCUT2D eigenvalue weighted by Gasteiger charge is 2.44. The largest absolute Gasteiger partial charge is 0.478 e. The lowest BCUT2D eigenvalue weighted by molar-refractivity contribution is -0.135. The molecule has 1 fully saturated rings. The van der Waals surface area contributed by atoms with Crippen LogP contribution in [0.1, 0.15) is 13.0 Å². The average Bonchev–Trinajstić information content (AvgIpc) is 3.32. The number of aliphatic imine (C=N–C) groups is 1. The van der Waals surface area contributed by atoms with E-state index >= 15 is 0 Å². The van der Waals surface area contributed by atoms with Gasteiger partial charge in [-0.15, -0.1) is 0 Å². The fraction of sp³-hybridized carbons (Fsp3) is 0.333. The third kappa shape index (κ3) is 2.87. The zero-order valence-electron chi connectivity index (χ0n) is 15.9. The maximum Gasteiger partial charge on any atom is 0.340 e. The Morgan fingerprint density at radius 2 is 2.17 bits per heavy atom. The van der Waals surface area contributed by atoms with E-state index in [1.165, 1.54) is 12.5 Å². The quantitative estimate of drug-likeness (QED) is 0.677. The summed E-state index contributed by atoms with van der Waals surface area (Å²) in [5.74, 6) is -1.40. The van der Waals surface area contributed by atoms with E-state index in [0.717, 1.165) is 17.4 Å². The molecule has 2 atom stereocenters. The monoisotopic (exact) mass is 426 g/mol. The van der Waals surface area contributed by atoms with Crippen LogP contribution in [0.15, 0.2) is 47.4 Å². The summed E-state index contributed by atoms with van der Waals surface area (Å²) in [6, 6.07) is 0.196. The Bertz CT molecular complexity index is 1110. The number of nitrogens with zero attached hydrogens (tertiary/aromatic N) is 7. The van der Waals surface area contributed by atoms with Crippen molar-refractivity contribution in [1.82, 2.24) is 24.0 Å². The number of aromatic nitrogens is 4. The second-order valence-electron chi connectivity index (χ2n) is 7.45. The number of rotatable bonds is 4. The SMILES string of the molecule is CC1C=C(N2CC(n3cc(N)cn3)C2)N=C2C1C(=O)C(C(=O)O)=CN2c1ncns1.